The van der Waals surface area contributed by atoms with Crippen molar-refractivity contribution in [3.8, 4) is 0 Å². The number of nitrogens with two attached hydrogens (primary N) is 1. The molecule has 2 N–H and O–H groups in total. The van der Waals surface area contributed by atoms with Gasteiger partial charge in [0.05, 0.1) is 0 Å². The molecule has 1 nitrogen and oxygen atoms in total. The van der Waals surface area contributed by atoms with Crippen molar-refractivity contribution in [3.63, 3.8) is 0 Å². The average Bonchev–Trinajstić information content (AvgIpc) is 2.52. The molecule has 24 heavy (non-hydrogen) atoms. The summed E-state index contributed by atoms with van der Waals surface area (Å²) in [6, 6.07) is 0.342. The highest BCUT2D eigenvalue weighted by molar-refractivity contribution is 5.16. The SMILES string of the molecule is C=CCCCCC(N)C(C)C(CC)C1(/C=C(/CC)C(C)C)CCC1. The minimum Gasteiger partial charge on any atom is -0.327 e. The van der Waals surface area contributed by atoms with Crippen LogP contribution in [-0.4, -0.2) is 6.04 Å². The zero-order chi connectivity index (χ0) is 18.2. The first-order valence-electron chi connectivity index (χ1n) is 10.5. The largest absolute Gasteiger partial charge is 0.327 e. The van der Waals surface area contributed by atoms with Gasteiger partial charge in [-0.1, -0.05) is 71.6 Å². The van der Waals surface area contributed by atoms with Crippen LogP contribution in [-0.2, 0) is 0 Å². The molecule has 3 atom stereocenters. The minimum absolute atomic E-state index is 0.342. The maximum absolute atomic E-state index is 6.63. The zero-order valence-electron chi connectivity index (χ0n) is 17.1. The van der Waals surface area contributed by atoms with E-state index in [9.17, 15) is 0 Å². The fourth-order valence-electron chi connectivity index (χ4n) is 4.79. The summed E-state index contributed by atoms with van der Waals surface area (Å²) >= 11 is 0. The van der Waals surface area contributed by atoms with Crippen molar-refractivity contribution in [2.24, 2.45) is 28.9 Å². The molecule has 0 aliphatic heterocycles. The van der Waals surface area contributed by atoms with E-state index in [1.165, 1.54) is 44.9 Å². The Morgan fingerprint density at radius 2 is 1.83 bits per heavy atom. The topological polar surface area (TPSA) is 26.0 Å². The molecule has 140 valence electrons. The third kappa shape index (κ3) is 5.48. The summed E-state index contributed by atoms with van der Waals surface area (Å²) < 4.78 is 0. The lowest BCUT2D eigenvalue weighted by Gasteiger charge is -2.50. The highest BCUT2D eigenvalue weighted by atomic mass is 14.7. The van der Waals surface area contributed by atoms with E-state index in [1.54, 1.807) is 5.57 Å². The summed E-state index contributed by atoms with van der Waals surface area (Å²) in [5.41, 5.74) is 8.71. The van der Waals surface area contributed by atoms with Crippen LogP contribution in [0.4, 0.5) is 0 Å². The lowest BCUT2D eigenvalue weighted by atomic mass is 9.55. The summed E-state index contributed by atoms with van der Waals surface area (Å²) in [5, 5.41) is 0. The fourth-order valence-corrected chi connectivity index (χ4v) is 4.79. The van der Waals surface area contributed by atoms with Crippen molar-refractivity contribution in [1.29, 1.82) is 0 Å². The molecule has 0 aromatic heterocycles. The molecule has 0 saturated heterocycles. The monoisotopic (exact) mass is 333 g/mol. The molecule has 1 fully saturated rings. The molecule has 0 aromatic carbocycles. The van der Waals surface area contributed by atoms with Crippen LogP contribution in [0.2, 0.25) is 0 Å². The number of hydrogen-bond donors (Lipinski definition) is 1. The Labute approximate surface area is 152 Å². The van der Waals surface area contributed by atoms with Crippen LogP contribution in [0, 0.1) is 23.2 Å². The Hall–Kier alpha value is -0.560. The van der Waals surface area contributed by atoms with E-state index < -0.39 is 0 Å². The second-order valence-corrected chi connectivity index (χ2v) is 8.43. The van der Waals surface area contributed by atoms with Gasteiger partial charge in [-0.05, 0) is 61.7 Å². The normalized spacial score (nSPS) is 21.2. The molecule has 1 aliphatic rings. The van der Waals surface area contributed by atoms with Gasteiger partial charge in [0.1, 0.15) is 0 Å². The van der Waals surface area contributed by atoms with Crippen LogP contribution in [0.5, 0.6) is 0 Å². The standard InChI is InChI=1S/C23H43N/c1-7-10-11-12-14-22(24)19(6)21(9-3)23(15-13-16-23)17-20(8-2)18(4)5/h7,17-19,21-22H,1,8-16,24H2,2-6H3/b20-17-. The number of rotatable bonds is 12. The van der Waals surface area contributed by atoms with Gasteiger partial charge in [-0.2, -0.15) is 0 Å². The maximum Gasteiger partial charge on any atom is 0.00674 e. The van der Waals surface area contributed by atoms with Crippen molar-refractivity contribution in [1.82, 2.24) is 0 Å². The molecule has 0 heterocycles. The highest BCUT2D eigenvalue weighted by Crippen LogP contribution is 2.53. The van der Waals surface area contributed by atoms with Gasteiger partial charge in [-0.15, -0.1) is 6.58 Å². The Morgan fingerprint density at radius 1 is 1.17 bits per heavy atom. The molecule has 0 bridgehead atoms. The molecule has 0 spiro atoms. The Balaban J connectivity index is 2.82. The van der Waals surface area contributed by atoms with E-state index >= 15 is 0 Å². The molecule has 0 radical (unpaired) electrons. The zero-order valence-corrected chi connectivity index (χ0v) is 17.1. The lowest BCUT2D eigenvalue weighted by Crippen LogP contribution is -2.44. The van der Waals surface area contributed by atoms with Crippen molar-refractivity contribution in [2.75, 3.05) is 0 Å². The van der Waals surface area contributed by atoms with Crippen molar-refractivity contribution in [3.05, 3.63) is 24.3 Å². The van der Waals surface area contributed by atoms with Crippen LogP contribution in [0.3, 0.4) is 0 Å². The fraction of sp³-hybridized carbons (Fsp3) is 0.826. The molecule has 3 unspecified atom stereocenters. The quantitative estimate of drug-likeness (QED) is 0.305. The predicted molar refractivity (Wildman–Crippen MR) is 109 cm³/mol. The second-order valence-electron chi connectivity index (χ2n) is 8.43. The van der Waals surface area contributed by atoms with Crippen molar-refractivity contribution >= 4 is 0 Å². The van der Waals surface area contributed by atoms with Crippen LogP contribution in [0.1, 0.15) is 92.4 Å². The van der Waals surface area contributed by atoms with Gasteiger partial charge in [0.15, 0.2) is 0 Å². The van der Waals surface area contributed by atoms with Crippen LogP contribution in [0.25, 0.3) is 0 Å². The van der Waals surface area contributed by atoms with E-state index in [-0.39, 0.29) is 0 Å². The van der Waals surface area contributed by atoms with Crippen LogP contribution in [0.15, 0.2) is 24.3 Å². The molecule has 1 heteroatoms. The first-order chi connectivity index (χ1) is 11.4. The second kappa shape index (κ2) is 10.4. The van der Waals surface area contributed by atoms with Crippen molar-refractivity contribution in [2.45, 2.75) is 98.4 Å². The molecule has 0 amide bonds. The molecular weight excluding hydrogens is 290 g/mol. The Kier molecular flexibility index (Phi) is 9.34. The maximum atomic E-state index is 6.63. The highest BCUT2D eigenvalue weighted by Gasteiger charge is 2.44. The van der Waals surface area contributed by atoms with Gasteiger partial charge >= 0.3 is 0 Å². The first-order valence-corrected chi connectivity index (χ1v) is 10.5. The van der Waals surface area contributed by atoms with Crippen LogP contribution < -0.4 is 5.73 Å². The van der Waals surface area contributed by atoms with E-state index in [4.69, 9.17) is 5.73 Å². The molecule has 0 aromatic rings. The Bertz CT molecular complexity index is 389. The molecular formula is C23H43N. The number of hydrogen-bond acceptors (Lipinski definition) is 1. The van der Waals surface area contributed by atoms with E-state index in [2.05, 4.69) is 47.3 Å². The van der Waals surface area contributed by atoms with E-state index in [1.807, 2.05) is 6.08 Å². The minimum atomic E-state index is 0.342. The smallest absolute Gasteiger partial charge is 0.00674 e. The third-order valence-electron chi connectivity index (χ3n) is 6.59. The molecule has 1 rings (SSSR count). The molecule has 1 saturated carbocycles. The van der Waals surface area contributed by atoms with Gasteiger partial charge in [0, 0.05) is 6.04 Å². The Morgan fingerprint density at radius 3 is 2.25 bits per heavy atom. The summed E-state index contributed by atoms with van der Waals surface area (Å²) in [4.78, 5) is 0. The van der Waals surface area contributed by atoms with Crippen LogP contribution >= 0.6 is 0 Å². The first kappa shape index (κ1) is 21.5. The van der Waals surface area contributed by atoms with Gasteiger partial charge in [-0.25, -0.2) is 0 Å². The van der Waals surface area contributed by atoms with Gasteiger partial charge in [0.25, 0.3) is 0 Å². The third-order valence-corrected chi connectivity index (χ3v) is 6.59. The summed E-state index contributed by atoms with van der Waals surface area (Å²) in [7, 11) is 0. The van der Waals surface area contributed by atoms with Gasteiger partial charge < -0.3 is 5.73 Å². The lowest BCUT2D eigenvalue weighted by molar-refractivity contribution is 0.0524. The predicted octanol–water partition coefficient (Wildman–Crippen LogP) is 6.89. The van der Waals surface area contributed by atoms with E-state index in [0.29, 0.717) is 23.3 Å². The number of allylic oxidation sites excluding steroid dienone is 3. The number of unbranched alkanes of at least 4 members (excludes halogenated alkanes) is 2. The summed E-state index contributed by atoms with van der Waals surface area (Å²) in [6.07, 6.45) is 16.1. The van der Waals surface area contributed by atoms with E-state index in [0.717, 1.165) is 18.8 Å². The molecule has 1 aliphatic carbocycles. The van der Waals surface area contributed by atoms with Crippen molar-refractivity contribution < 1.29 is 0 Å². The average molecular weight is 334 g/mol. The summed E-state index contributed by atoms with van der Waals surface area (Å²) in [5.74, 6) is 2.02. The van der Waals surface area contributed by atoms with Gasteiger partial charge in [-0.3, -0.25) is 0 Å². The van der Waals surface area contributed by atoms with Gasteiger partial charge in [0.2, 0.25) is 0 Å². The summed E-state index contributed by atoms with van der Waals surface area (Å²) in [6.45, 7) is 15.6.